The number of ether oxygens (including phenoxy) is 2. The van der Waals surface area contributed by atoms with Gasteiger partial charge in [-0.05, 0) is 91.3 Å². The van der Waals surface area contributed by atoms with E-state index in [1.54, 1.807) is 18.2 Å². The number of nitrogens with one attached hydrogen (secondary N) is 1. The standard InChI is InChI=1S/C46H54N4O7S/c1-3-5-21-47-43(52)30-50-41-29-35(42(51)32-58(54,55)27-4-2)15-19-39(41)45(33-10-7-6-8-11-33)46(50)34-13-17-38(18-14-34)57-31-36-28-37(49-22-9-12-44(49)53)16-20-40(36)48-23-25-56-26-24-48/h3-4,13-20,28-29,33H,1-2,5-12,21-27,30-32H2,(H,47,52). The Balaban J connectivity index is 1.25. The van der Waals surface area contributed by atoms with Crippen molar-refractivity contribution < 1.29 is 32.3 Å². The van der Waals surface area contributed by atoms with Crippen LogP contribution in [0.5, 0.6) is 5.75 Å². The van der Waals surface area contributed by atoms with Crippen LogP contribution in [0.25, 0.3) is 22.2 Å². The summed E-state index contributed by atoms with van der Waals surface area (Å²) in [5.41, 5.74) is 6.91. The molecule has 7 rings (SSSR count). The summed E-state index contributed by atoms with van der Waals surface area (Å²) in [6, 6.07) is 19.5. The van der Waals surface area contributed by atoms with E-state index in [4.69, 9.17) is 9.47 Å². The number of hydrogen-bond donors (Lipinski definition) is 1. The highest BCUT2D eigenvalue weighted by atomic mass is 32.2. The maximum atomic E-state index is 13.5. The highest BCUT2D eigenvalue weighted by Crippen LogP contribution is 2.45. The van der Waals surface area contributed by atoms with Gasteiger partial charge in [-0.15, -0.1) is 13.2 Å². The van der Waals surface area contributed by atoms with Crippen LogP contribution in [0.2, 0.25) is 0 Å². The predicted octanol–water partition coefficient (Wildman–Crippen LogP) is 7.37. The van der Waals surface area contributed by atoms with Crippen LogP contribution < -0.4 is 19.9 Å². The Kier molecular flexibility index (Phi) is 13.1. The maximum absolute atomic E-state index is 13.5. The molecule has 0 atom stereocenters. The fourth-order valence-electron chi connectivity index (χ4n) is 8.62. The summed E-state index contributed by atoms with van der Waals surface area (Å²) in [5, 5.41) is 3.96. The quantitative estimate of drug-likeness (QED) is 0.0666. The minimum absolute atomic E-state index is 0.0144. The topological polar surface area (TPSA) is 127 Å². The number of Topliss-reactive ketones (excluding diaryl/α,β-unsaturated/α-hetero) is 1. The second-order valence-corrected chi connectivity index (χ2v) is 17.6. The van der Waals surface area contributed by atoms with Gasteiger partial charge in [-0.1, -0.05) is 43.5 Å². The molecule has 58 heavy (non-hydrogen) atoms. The van der Waals surface area contributed by atoms with Crippen LogP contribution in [0.1, 0.15) is 78.8 Å². The van der Waals surface area contributed by atoms with Gasteiger partial charge < -0.3 is 29.2 Å². The first-order valence-electron chi connectivity index (χ1n) is 20.5. The van der Waals surface area contributed by atoms with Crippen LogP contribution >= 0.6 is 0 Å². The first kappa shape index (κ1) is 41.0. The largest absolute Gasteiger partial charge is 0.489 e. The molecular weight excluding hydrogens is 753 g/mol. The zero-order chi connectivity index (χ0) is 40.6. The van der Waals surface area contributed by atoms with Gasteiger partial charge in [0.05, 0.1) is 24.7 Å². The molecule has 4 aromatic rings. The highest BCUT2D eigenvalue weighted by molar-refractivity contribution is 7.92. The molecule has 2 aliphatic heterocycles. The third kappa shape index (κ3) is 9.40. The lowest BCUT2D eigenvalue weighted by atomic mass is 9.81. The first-order chi connectivity index (χ1) is 28.2. The maximum Gasteiger partial charge on any atom is 0.239 e. The molecule has 2 saturated heterocycles. The van der Waals surface area contributed by atoms with Crippen molar-refractivity contribution in [2.75, 3.05) is 60.7 Å². The molecule has 0 spiro atoms. The number of fused-ring (bicyclic) bond motifs is 1. The van der Waals surface area contributed by atoms with Gasteiger partial charge in [0.1, 0.15) is 24.7 Å². The number of morpholine rings is 1. The van der Waals surface area contributed by atoms with E-state index in [1.807, 2.05) is 45.9 Å². The highest BCUT2D eigenvalue weighted by Gasteiger charge is 2.29. The number of anilines is 2. The summed E-state index contributed by atoms with van der Waals surface area (Å²) in [4.78, 5) is 43.8. The summed E-state index contributed by atoms with van der Waals surface area (Å²) >= 11 is 0. The summed E-state index contributed by atoms with van der Waals surface area (Å²) in [6.07, 6.45) is 10.5. The van der Waals surface area contributed by atoms with Gasteiger partial charge in [-0.3, -0.25) is 14.4 Å². The summed E-state index contributed by atoms with van der Waals surface area (Å²) < 4.78 is 39.3. The number of amides is 2. The Morgan fingerprint density at radius 2 is 1.69 bits per heavy atom. The molecule has 3 heterocycles. The van der Waals surface area contributed by atoms with Crippen LogP contribution in [-0.2, 0) is 37.3 Å². The zero-order valence-electron chi connectivity index (χ0n) is 33.3. The Hall–Kier alpha value is -5.20. The van der Waals surface area contributed by atoms with Crippen LogP contribution in [-0.4, -0.2) is 81.5 Å². The van der Waals surface area contributed by atoms with Crippen LogP contribution in [0.3, 0.4) is 0 Å². The molecule has 2 amide bonds. The molecule has 3 aliphatic rings. The SMILES string of the molecule is C=CCCNC(=O)Cn1c(-c2ccc(OCc3cc(N4CCCC4=O)ccc3N3CCOCC3)cc2)c(C2CCCCC2)c2ccc(C(=O)CS(=O)(=O)CC=C)cc21. The van der Waals surface area contributed by atoms with Crippen molar-refractivity contribution in [3.8, 4) is 17.0 Å². The second kappa shape index (κ2) is 18.6. The van der Waals surface area contributed by atoms with E-state index in [-0.39, 0.29) is 35.6 Å². The van der Waals surface area contributed by atoms with Gasteiger partial charge in [0, 0.05) is 66.0 Å². The molecule has 0 unspecified atom stereocenters. The van der Waals surface area contributed by atoms with Gasteiger partial charge in [0.2, 0.25) is 11.8 Å². The molecule has 0 radical (unpaired) electrons. The number of rotatable bonds is 17. The Morgan fingerprint density at radius 1 is 0.914 bits per heavy atom. The van der Waals surface area contributed by atoms with Crippen LogP contribution in [0, 0.1) is 0 Å². The van der Waals surface area contributed by atoms with Crippen molar-refractivity contribution in [3.63, 3.8) is 0 Å². The van der Waals surface area contributed by atoms with E-state index < -0.39 is 21.4 Å². The average Bonchev–Trinajstić information content (AvgIpc) is 3.81. The number of sulfone groups is 1. The molecule has 0 bridgehead atoms. The predicted molar refractivity (Wildman–Crippen MR) is 230 cm³/mol. The number of nitrogens with zero attached hydrogens (tertiary/aromatic N) is 3. The second-order valence-electron chi connectivity index (χ2n) is 15.5. The van der Waals surface area contributed by atoms with E-state index >= 15 is 0 Å². The van der Waals surface area contributed by atoms with Gasteiger partial charge >= 0.3 is 0 Å². The normalized spacial score (nSPS) is 16.4. The van der Waals surface area contributed by atoms with Crippen molar-refractivity contribution in [1.29, 1.82) is 0 Å². The van der Waals surface area contributed by atoms with Crippen LogP contribution in [0.15, 0.2) is 86.0 Å². The van der Waals surface area contributed by atoms with Crippen LogP contribution in [0.4, 0.5) is 11.4 Å². The minimum Gasteiger partial charge on any atom is -0.489 e. The first-order valence-corrected chi connectivity index (χ1v) is 22.4. The zero-order valence-corrected chi connectivity index (χ0v) is 34.1. The lowest BCUT2D eigenvalue weighted by Gasteiger charge is -2.31. The van der Waals surface area contributed by atoms with E-state index in [0.717, 1.165) is 84.3 Å². The van der Waals surface area contributed by atoms with Crippen molar-refractivity contribution in [3.05, 3.63) is 103 Å². The van der Waals surface area contributed by atoms with Gasteiger partial charge in [-0.2, -0.15) is 0 Å². The number of benzene rings is 3. The molecule has 1 aromatic heterocycles. The average molecular weight is 807 g/mol. The third-order valence-corrected chi connectivity index (χ3v) is 12.9. The molecule has 3 fully saturated rings. The summed E-state index contributed by atoms with van der Waals surface area (Å²) in [6.45, 7) is 11.6. The minimum atomic E-state index is -3.66. The molecule has 306 valence electrons. The van der Waals surface area contributed by atoms with E-state index in [9.17, 15) is 22.8 Å². The molecular formula is C46H54N4O7S. The summed E-state index contributed by atoms with van der Waals surface area (Å²) in [7, 11) is -3.66. The van der Waals surface area contributed by atoms with E-state index in [0.29, 0.717) is 57.0 Å². The number of ketones is 1. The van der Waals surface area contributed by atoms with Crippen molar-refractivity contribution >= 4 is 49.7 Å². The fourth-order valence-corrected chi connectivity index (χ4v) is 9.67. The number of hydrogen-bond acceptors (Lipinski definition) is 8. The Labute approximate surface area is 341 Å². The molecule has 12 heteroatoms. The molecule has 11 nitrogen and oxygen atoms in total. The van der Waals surface area contributed by atoms with Gasteiger partial charge in [0.15, 0.2) is 15.6 Å². The van der Waals surface area contributed by atoms with Crippen molar-refractivity contribution in [2.24, 2.45) is 0 Å². The lowest BCUT2D eigenvalue weighted by Crippen LogP contribution is -2.37. The summed E-state index contributed by atoms with van der Waals surface area (Å²) in [5.74, 6) is -0.504. The number of carbonyl (C=O) groups is 3. The molecule has 3 aromatic carbocycles. The Morgan fingerprint density at radius 3 is 2.40 bits per heavy atom. The smallest absolute Gasteiger partial charge is 0.239 e. The molecule has 1 aliphatic carbocycles. The van der Waals surface area contributed by atoms with Gasteiger partial charge in [0.25, 0.3) is 0 Å². The number of aromatic nitrogens is 1. The van der Waals surface area contributed by atoms with Crippen molar-refractivity contribution in [1.82, 2.24) is 9.88 Å². The lowest BCUT2D eigenvalue weighted by molar-refractivity contribution is -0.121. The monoisotopic (exact) mass is 806 g/mol. The molecule has 1 N–H and O–H groups in total. The fraction of sp³-hybridized carbons (Fsp3) is 0.413. The Bertz CT molecular complexity index is 2270. The van der Waals surface area contributed by atoms with E-state index in [1.165, 1.54) is 12.5 Å². The molecule has 1 saturated carbocycles. The number of carbonyl (C=O) groups excluding carboxylic acids is 3. The van der Waals surface area contributed by atoms with E-state index in [2.05, 4.69) is 35.5 Å². The van der Waals surface area contributed by atoms with Crippen molar-refractivity contribution in [2.45, 2.75) is 70.4 Å². The van der Waals surface area contributed by atoms with Gasteiger partial charge in [-0.25, -0.2) is 8.42 Å². The third-order valence-electron chi connectivity index (χ3n) is 11.5.